The number of rotatable bonds is 5. The highest BCUT2D eigenvalue weighted by molar-refractivity contribution is 7.89. The van der Waals surface area contributed by atoms with Crippen molar-refractivity contribution < 1.29 is 17.9 Å². The summed E-state index contributed by atoms with van der Waals surface area (Å²) >= 11 is 1.36. The number of nitrogens with one attached hydrogen (secondary N) is 2. The lowest BCUT2D eigenvalue weighted by molar-refractivity contribution is -0.117. The Labute approximate surface area is 193 Å². The summed E-state index contributed by atoms with van der Waals surface area (Å²) in [6.45, 7) is 8.34. The van der Waals surface area contributed by atoms with E-state index in [1.54, 1.807) is 0 Å². The van der Waals surface area contributed by atoms with Gasteiger partial charge in [0.25, 0.3) is 0 Å². The molecule has 0 spiro atoms. The van der Waals surface area contributed by atoms with E-state index in [9.17, 15) is 13.2 Å². The molecule has 2 fully saturated rings. The van der Waals surface area contributed by atoms with Crippen LogP contribution in [0.2, 0.25) is 0 Å². The molecule has 2 aliphatic rings. The topological polar surface area (TPSA) is 101 Å². The maximum atomic E-state index is 12.8. The lowest BCUT2D eigenvalue weighted by Gasteiger charge is -2.28. The second kappa shape index (κ2) is 9.18. The van der Waals surface area contributed by atoms with Crippen LogP contribution in [0.25, 0.3) is 11.3 Å². The van der Waals surface area contributed by atoms with E-state index in [2.05, 4.69) is 48.5 Å². The van der Waals surface area contributed by atoms with Gasteiger partial charge in [-0.1, -0.05) is 45.0 Å². The van der Waals surface area contributed by atoms with E-state index in [1.807, 2.05) is 17.5 Å². The van der Waals surface area contributed by atoms with Gasteiger partial charge >= 0.3 is 0 Å². The maximum Gasteiger partial charge on any atom is 0.243 e. The van der Waals surface area contributed by atoms with Crippen LogP contribution in [-0.4, -0.2) is 67.8 Å². The number of sulfonamides is 1. The van der Waals surface area contributed by atoms with Crippen molar-refractivity contribution in [3.8, 4) is 11.3 Å². The van der Waals surface area contributed by atoms with Crippen LogP contribution in [0.5, 0.6) is 0 Å². The molecule has 1 aromatic heterocycles. The third-order valence-corrected chi connectivity index (χ3v) is 8.98. The first-order valence-electron chi connectivity index (χ1n) is 10.8. The highest BCUT2D eigenvalue weighted by atomic mass is 32.2. The predicted molar refractivity (Wildman–Crippen MR) is 126 cm³/mol. The molecule has 2 N–H and O–H groups in total. The number of carbonyl (C=O) groups is 1. The van der Waals surface area contributed by atoms with E-state index in [-0.39, 0.29) is 24.3 Å². The molecule has 2 aliphatic heterocycles. The van der Waals surface area contributed by atoms with Crippen molar-refractivity contribution in [1.29, 1.82) is 0 Å². The molecule has 174 valence electrons. The molecule has 1 amide bonds. The van der Waals surface area contributed by atoms with Gasteiger partial charge in [-0.15, -0.1) is 11.3 Å². The van der Waals surface area contributed by atoms with Gasteiger partial charge in [0, 0.05) is 30.6 Å². The monoisotopic (exact) mass is 478 g/mol. The number of aromatic nitrogens is 1. The summed E-state index contributed by atoms with van der Waals surface area (Å²) in [5.74, 6) is -0.256. The number of benzene rings is 1. The SMILES string of the molecule is CC(C)(C)c1ccc(-c2csc(NC(=O)C3CC(S(=O)(=O)N4CCOCC4)CN3)n2)cc1. The fourth-order valence-corrected chi connectivity index (χ4v) is 6.48. The average Bonchev–Trinajstić information content (AvgIpc) is 3.44. The van der Waals surface area contributed by atoms with E-state index >= 15 is 0 Å². The summed E-state index contributed by atoms with van der Waals surface area (Å²) in [6.07, 6.45) is 0.248. The molecule has 3 heterocycles. The first-order chi connectivity index (χ1) is 15.1. The van der Waals surface area contributed by atoms with E-state index in [0.29, 0.717) is 31.4 Å². The normalized spacial score (nSPS) is 22.7. The molecule has 0 bridgehead atoms. The molecule has 2 aromatic rings. The Balaban J connectivity index is 1.36. The molecular formula is C22H30N4O4S2. The molecule has 2 unspecified atom stereocenters. The van der Waals surface area contributed by atoms with Crippen molar-refractivity contribution in [2.24, 2.45) is 0 Å². The maximum absolute atomic E-state index is 12.8. The second-order valence-corrected chi connectivity index (χ2v) is 12.3. The van der Waals surface area contributed by atoms with Gasteiger partial charge in [0.2, 0.25) is 15.9 Å². The van der Waals surface area contributed by atoms with Crippen LogP contribution in [0.1, 0.15) is 32.8 Å². The van der Waals surface area contributed by atoms with E-state index < -0.39 is 21.3 Å². The van der Waals surface area contributed by atoms with Crippen LogP contribution in [0.4, 0.5) is 5.13 Å². The van der Waals surface area contributed by atoms with Gasteiger partial charge < -0.3 is 15.4 Å². The summed E-state index contributed by atoms with van der Waals surface area (Å²) in [5, 5.41) is 7.71. The molecule has 2 saturated heterocycles. The van der Waals surface area contributed by atoms with Crippen LogP contribution >= 0.6 is 11.3 Å². The Kier molecular flexibility index (Phi) is 6.69. The van der Waals surface area contributed by atoms with Crippen molar-refractivity contribution in [1.82, 2.24) is 14.6 Å². The molecule has 4 rings (SSSR count). The van der Waals surface area contributed by atoms with Crippen LogP contribution in [0.15, 0.2) is 29.6 Å². The first kappa shape index (κ1) is 23.3. The van der Waals surface area contributed by atoms with E-state index in [0.717, 1.165) is 11.3 Å². The number of carbonyl (C=O) groups excluding carboxylic acids is 1. The highest BCUT2D eigenvalue weighted by Gasteiger charge is 2.40. The average molecular weight is 479 g/mol. The molecule has 0 aliphatic carbocycles. The summed E-state index contributed by atoms with van der Waals surface area (Å²) in [5.41, 5.74) is 3.13. The Morgan fingerprint density at radius 1 is 1.22 bits per heavy atom. The van der Waals surface area contributed by atoms with Crippen molar-refractivity contribution in [3.63, 3.8) is 0 Å². The third-order valence-electron chi connectivity index (χ3n) is 5.94. The Bertz CT molecular complexity index is 1050. The van der Waals surface area contributed by atoms with Gasteiger partial charge in [-0.3, -0.25) is 4.79 Å². The molecule has 1 aromatic carbocycles. The largest absolute Gasteiger partial charge is 0.379 e. The molecule has 32 heavy (non-hydrogen) atoms. The molecule has 0 saturated carbocycles. The van der Waals surface area contributed by atoms with E-state index in [1.165, 1.54) is 21.2 Å². The number of morpholine rings is 1. The van der Waals surface area contributed by atoms with Crippen molar-refractivity contribution in [3.05, 3.63) is 35.2 Å². The van der Waals surface area contributed by atoms with E-state index in [4.69, 9.17) is 4.74 Å². The van der Waals surface area contributed by atoms with Gasteiger partial charge in [0.15, 0.2) is 5.13 Å². The fraction of sp³-hybridized carbons (Fsp3) is 0.545. The number of anilines is 1. The first-order valence-corrected chi connectivity index (χ1v) is 13.2. The summed E-state index contributed by atoms with van der Waals surface area (Å²) in [7, 11) is -3.45. The Morgan fingerprint density at radius 2 is 1.91 bits per heavy atom. The number of amides is 1. The molecule has 10 heteroatoms. The highest BCUT2D eigenvalue weighted by Crippen LogP contribution is 2.29. The Hall–Kier alpha value is -1.85. The minimum absolute atomic E-state index is 0.0845. The van der Waals surface area contributed by atoms with Crippen molar-refractivity contribution in [2.45, 2.75) is 43.9 Å². The number of thiazole rings is 1. The summed E-state index contributed by atoms with van der Waals surface area (Å²) in [4.78, 5) is 17.3. The molecule has 0 radical (unpaired) electrons. The van der Waals surface area contributed by atoms with Crippen LogP contribution in [0.3, 0.4) is 0 Å². The molecule has 2 atom stereocenters. The molecule has 8 nitrogen and oxygen atoms in total. The number of hydrogen-bond donors (Lipinski definition) is 2. The minimum Gasteiger partial charge on any atom is -0.379 e. The summed E-state index contributed by atoms with van der Waals surface area (Å²) < 4.78 is 32.4. The van der Waals surface area contributed by atoms with Crippen LogP contribution in [-0.2, 0) is 25.0 Å². The van der Waals surface area contributed by atoms with Gasteiger partial charge in [-0.25, -0.2) is 13.4 Å². The van der Waals surface area contributed by atoms with Gasteiger partial charge in [-0.2, -0.15) is 4.31 Å². The fourth-order valence-electron chi connectivity index (χ4n) is 3.94. The lowest BCUT2D eigenvalue weighted by atomic mass is 9.86. The zero-order valence-electron chi connectivity index (χ0n) is 18.6. The number of nitrogens with zero attached hydrogens (tertiary/aromatic N) is 2. The predicted octanol–water partition coefficient (Wildman–Crippen LogP) is 2.44. The molecular weight excluding hydrogens is 448 g/mol. The van der Waals surface area contributed by atoms with Crippen molar-refractivity contribution in [2.75, 3.05) is 38.2 Å². The van der Waals surface area contributed by atoms with Gasteiger partial charge in [0.1, 0.15) is 0 Å². The minimum atomic E-state index is -3.45. The van der Waals surface area contributed by atoms with Gasteiger partial charge in [0.05, 0.1) is 30.2 Å². The lowest BCUT2D eigenvalue weighted by Crippen LogP contribution is -2.45. The standard InChI is InChI=1S/C22H30N4O4S2/c1-22(2,3)16-6-4-15(5-7-16)19-14-31-21(24-19)25-20(27)18-12-17(13-23-18)32(28,29)26-8-10-30-11-9-26/h4-7,14,17-18,23H,8-13H2,1-3H3,(H,24,25,27). The number of hydrogen-bond acceptors (Lipinski definition) is 7. The van der Waals surface area contributed by atoms with Crippen LogP contribution in [0, 0.1) is 0 Å². The zero-order valence-corrected chi connectivity index (χ0v) is 20.3. The van der Waals surface area contributed by atoms with Crippen LogP contribution < -0.4 is 10.6 Å². The van der Waals surface area contributed by atoms with Gasteiger partial charge in [-0.05, 0) is 17.4 Å². The number of ether oxygens (including phenoxy) is 1. The second-order valence-electron chi connectivity index (χ2n) is 9.23. The quantitative estimate of drug-likeness (QED) is 0.685. The smallest absolute Gasteiger partial charge is 0.243 e. The zero-order chi connectivity index (χ0) is 22.9. The summed E-state index contributed by atoms with van der Waals surface area (Å²) in [6, 6.07) is 7.73. The Morgan fingerprint density at radius 3 is 2.56 bits per heavy atom. The third kappa shape index (κ3) is 5.04. The van der Waals surface area contributed by atoms with Crippen molar-refractivity contribution >= 4 is 32.4 Å².